The monoisotopic (exact) mass is 548 g/mol. The normalized spacial score (nSPS) is 11.1. The van der Waals surface area contributed by atoms with Crippen LogP contribution < -0.4 is 0 Å². The number of ether oxygens (including phenoxy) is 1. The van der Waals surface area contributed by atoms with Crippen LogP contribution in [0.4, 0.5) is 4.39 Å². The molecule has 1 aromatic carbocycles. The van der Waals surface area contributed by atoms with Crippen molar-refractivity contribution < 1.29 is 19.0 Å². The molecule has 3 rings (SSSR count). The van der Waals surface area contributed by atoms with Crippen molar-refractivity contribution in [1.29, 1.82) is 0 Å². The number of carbonyl (C=O) groups excluding carboxylic acids is 1. The lowest BCUT2D eigenvalue weighted by molar-refractivity contribution is 0.0516. The standard InChI is InChI=1S/C17H12Br3FN2O3/c1-2-26-17(25)12-14(24)10-11(18)16(20)23(13(10)15(19)22-12)7-8-3-5-9(21)6-4-8/h3-6,24H,2,7H2,1H3. The third-order valence-corrected chi connectivity index (χ3v) is 6.42. The van der Waals surface area contributed by atoms with E-state index in [0.717, 1.165) is 5.56 Å². The number of carbonyl (C=O) groups is 1. The molecule has 0 aliphatic heterocycles. The Bertz CT molecular complexity index is 1000. The van der Waals surface area contributed by atoms with E-state index in [9.17, 15) is 14.3 Å². The molecule has 9 heteroatoms. The average Bonchev–Trinajstić information content (AvgIpc) is 2.86. The van der Waals surface area contributed by atoms with Crippen LogP contribution in [0.25, 0.3) is 10.9 Å². The van der Waals surface area contributed by atoms with E-state index in [1.807, 2.05) is 4.57 Å². The Kier molecular flexibility index (Phi) is 5.69. The summed E-state index contributed by atoms with van der Waals surface area (Å²) in [6.45, 7) is 2.25. The van der Waals surface area contributed by atoms with Gasteiger partial charge in [-0.15, -0.1) is 0 Å². The highest BCUT2D eigenvalue weighted by Gasteiger charge is 2.26. The highest BCUT2D eigenvalue weighted by molar-refractivity contribution is 9.13. The second-order valence-electron chi connectivity index (χ2n) is 5.36. The number of esters is 1. The van der Waals surface area contributed by atoms with Crippen LogP contribution in [0.2, 0.25) is 0 Å². The van der Waals surface area contributed by atoms with Crippen LogP contribution >= 0.6 is 47.8 Å². The number of hydrogen-bond donors (Lipinski definition) is 1. The van der Waals surface area contributed by atoms with E-state index in [1.54, 1.807) is 19.1 Å². The van der Waals surface area contributed by atoms with Crippen LogP contribution in [-0.4, -0.2) is 27.2 Å². The Morgan fingerprint density at radius 3 is 2.54 bits per heavy atom. The van der Waals surface area contributed by atoms with Crippen LogP contribution in [0.5, 0.6) is 5.75 Å². The number of nitrogens with zero attached hydrogens (tertiary/aromatic N) is 2. The van der Waals surface area contributed by atoms with Gasteiger partial charge in [0.25, 0.3) is 0 Å². The fourth-order valence-electron chi connectivity index (χ4n) is 2.57. The molecule has 2 aromatic heterocycles. The first-order valence-electron chi connectivity index (χ1n) is 7.52. The van der Waals surface area contributed by atoms with Crippen molar-refractivity contribution in [3.63, 3.8) is 0 Å². The van der Waals surface area contributed by atoms with Gasteiger partial charge in [-0.25, -0.2) is 14.2 Å². The first-order valence-corrected chi connectivity index (χ1v) is 9.90. The van der Waals surface area contributed by atoms with Gasteiger partial charge in [0.15, 0.2) is 11.4 Å². The summed E-state index contributed by atoms with van der Waals surface area (Å²) in [6.07, 6.45) is 0. The molecule has 26 heavy (non-hydrogen) atoms. The number of aromatic nitrogens is 2. The molecule has 0 bridgehead atoms. The van der Waals surface area contributed by atoms with Crippen molar-refractivity contribution in [3.05, 3.63) is 55.0 Å². The minimum Gasteiger partial charge on any atom is -0.505 e. The SMILES string of the molecule is CCOC(=O)c1nc(Br)c2c(c1O)c(Br)c(Br)n2Cc1ccc(F)cc1. The summed E-state index contributed by atoms with van der Waals surface area (Å²) >= 11 is 10.3. The van der Waals surface area contributed by atoms with Crippen LogP contribution in [0, 0.1) is 5.82 Å². The molecule has 0 unspecified atom stereocenters. The molecular formula is C17H12Br3FN2O3. The molecule has 0 radical (unpaired) electrons. The zero-order valence-electron chi connectivity index (χ0n) is 13.4. The van der Waals surface area contributed by atoms with Gasteiger partial charge < -0.3 is 14.4 Å². The zero-order valence-corrected chi connectivity index (χ0v) is 18.2. The smallest absolute Gasteiger partial charge is 0.360 e. The molecular weight excluding hydrogens is 539 g/mol. The summed E-state index contributed by atoms with van der Waals surface area (Å²) in [5.41, 5.74) is 1.27. The minimum absolute atomic E-state index is 0.168. The fourth-order valence-corrected chi connectivity index (χ4v) is 4.25. The summed E-state index contributed by atoms with van der Waals surface area (Å²) in [6, 6.07) is 6.12. The Hall–Kier alpha value is -1.45. The van der Waals surface area contributed by atoms with E-state index in [-0.39, 0.29) is 23.9 Å². The van der Waals surface area contributed by atoms with Crippen LogP contribution in [0.3, 0.4) is 0 Å². The van der Waals surface area contributed by atoms with Gasteiger partial charge in [0.05, 0.1) is 22.0 Å². The molecule has 0 aliphatic carbocycles. The highest BCUT2D eigenvalue weighted by Crippen LogP contribution is 2.43. The van der Waals surface area contributed by atoms with Crippen molar-refractivity contribution >= 4 is 64.7 Å². The number of rotatable bonds is 4. The van der Waals surface area contributed by atoms with E-state index in [2.05, 4.69) is 52.8 Å². The molecule has 3 aromatic rings. The van der Waals surface area contributed by atoms with Crippen LogP contribution in [0.15, 0.2) is 37.9 Å². The Morgan fingerprint density at radius 2 is 1.92 bits per heavy atom. The molecule has 0 saturated heterocycles. The quantitative estimate of drug-likeness (QED) is 0.349. The van der Waals surface area contributed by atoms with Gasteiger partial charge in [-0.1, -0.05) is 12.1 Å². The number of halogens is 4. The molecule has 5 nitrogen and oxygen atoms in total. The van der Waals surface area contributed by atoms with Crippen LogP contribution in [-0.2, 0) is 11.3 Å². The van der Waals surface area contributed by atoms with Gasteiger partial charge in [0.2, 0.25) is 0 Å². The molecule has 1 N–H and O–H groups in total. The number of aromatic hydroxyl groups is 1. The number of benzene rings is 1. The van der Waals surface area contributed by atoms with Gasteiger partial charge >= 0.3 is 5.97 Å². The third-order valence-electron chi connectivity index (χ3n) is 3.73. The van der Waals surface area contributed by atoms with Crippen molar-refractivity contribution in [2.24, 2.45) is 0 Å². The van der Waals surface area contributed by atoms with E-state index in [1.165, 1.54) is 12.1 Å². The molecule has 0 spiro atoms. The van der Waals surface area contributed by atoms with Gasteiger partial charge in [0, 0.05) is 6.54 Å². The van der Waals surface area contributed by atoms with Crippen molar-refractivity contribution in [2.45, 2.75) is 13.5 Å². The Morgan fingerprint density at radius 1 is 1.27 bits per heavy atom. The second kappa shape index (κ2) is 7.66. The predicted molar refractivity (Wildman–Crippen MR) is 106 cm³/mol. The molecule has 0 amide bonds. The van der Waals surface area contributed by atoms with Crippen LogP contribution in [0.1, 0.15) is 23.0 Å². The minimum atomic E-state index is -0.707. The molecule has 0 saturated carbocycles. The molecule has 0 aliphatic rings. The zero-order chi connectivity index (χ0) is 19.0. The lowest BCUT2D eigenvalue weighted by Gasteiger charge is -2.10. The summed E-state index contributed by atoms with van der Waals surface area (Å²) in [4.78, 5) is 16.2. The molecule has 0 fully saturated rings. The van der Waals surface area contributed by atoms with Crippen molar-refractivity contribution in [1.82, 2.24) is 9.55 Å². The number of pyridine rings is 1. The van der Waals surface area contributed by atoms with Gasteiger partial charge in [-0.05, 0) is 72.4 Å². The summed E-state index contributed by atoms with van der Waals surface area (Å²) < 4.78 is 21.5. The molecule has 136 valence electrons. The van der Waals surface area contributed by atoms with E-state index in [4.69, 9.17) is 4.74 Å². The maximum Gasteiger partial charge on any atom is 0.360 e. The topological polar surface area (TPSA) is 64.3 Å². The summed E-state index contributed by atoms with van der Waals surface area (Å²) in [7, 11) is 0. The Labute approximate surface area is 173 Å². The Balaban J connectivity index is 2.19. The third kappa shape index (κ3) is 3.39. The van der Waals surface area contributed by atoms with Crippen molar-refractivity contribution in [3.8, 4) is 5.75 Å². The van der Waals surface area contributed by atoms with Crippen molar-refractivity contribution in [2.75, 3.05) is 6.61 Å². The maximum atomic E-state index is 13.1. The van der Waals surface area contributed by atoms with E-state index >= 15 is 0 Å². The molecule has 2 heterocycles. The highest BCUT2D eigenvalue weighted by atomic mass is 79.9. The first kappa shape index (κ1) is 19.3. The number of fused-ring (bicyclic) bond motifs is 1. The average molecular weight is 551 g/mol. The molecule has 0 atom stereocenters. The van der Waals surface area contributed by atoms with E-state index < -0.39 is 5.97 Å². The summed E-state index contributed by atoms with van der Waals surface area (Å²) in [5.74, 6) is -1.29. The van der Waals surface area contributed by atoms with Gasteiger partial charge in [0.1, 0.15) is 15.0 Å². The predicted octanol–water partition coefficient (Wildman–Crippen LogP) is 5.39. The second-order valence-corrected chi connectivity index (χ2v) is 7.66. The fraction of sp³-hybridized carbons (Fsp3) is 0.176. The first-order chi connectivity index (χ1) is 12.3. The lowest BCUT2D eigenvalue weighted by atomic mass is 10.2. The maximum absolute atomic E-state index is 13.1. The van der Waals surface area contributed by atoms with Gasteiger partial charge in [-0.2, -0.15) is 0 Å². The van der Waals surface area contributed by atoms with Gasteiger partial charge in [-0.3, -0.25) is 0 Å². The number of hydrogen-bond acceptors (Lipinski definition) is 4. The lowest BCUT2D eigenvalue weighted by Crippen LogP contribution is -2.09. The summed E-state index contributed by atoms with van der Waals surface area (Å²) in [5, 5.41) is 11.0. The largest absolute Gasteiger partial charge is 0.505 e. The van der Waals surface area contributed by atoms with E-state index in [0.29, 0.717) is 31.1 Å².